The molecule has 29 heteroatoms. The summed E-state index contributed by atoms with van der Waals surface area (Å²) in [6.45, 7) is 5.07. The van der Waals surface area contributed by atoms with Gasteiger partial charge in [0.25, 0.3) is 0 Å². The number of H-pyrrole nitrogens is 2. The number of halogens is 1. The van der Waals surface area contributed by atoms with E-state index in [1.165, 1.54) is 36.0 Å². The number of hydrogen-bond donors (Lipinski definition) is 7. The number of nitrogens with zero attached hydrogens (tertiary/aromatic N) is 17. The summed E-state index contributed by atoms with van der Waals surface area (Å²) in [4.78, 5) is 57.7. The molecule has 19 rings (SSSR count). The lowest BCUT2D eigenvalue weighted by Crippen LogP contribution is -2.32. The maximum atomic E-state index is 10.9. The van der Waals surface area contributed by atoms with E-state index in [0.717, 1.165) is 177 Å². The minimum Gasteiger partial charge on any atom is -0.423 e. The topological polar surface area (TPSA) is 368 Å². The molecule has 13 heterocycles. The molecule has 0 aliphatic carbocycles. The lowest BCUT2D eigenvalue weighted by atomic mass is 9.80. The molecule has 124 heavy (non-hydrogen) atoms. The molecule has 0 bridgehead atoms. The van der Waals surface area contributed by atoms with Crippen LogP contribution in [0.5, 0.6) is 0 Å². The van der Waals surface area contributed by atoms with Gasteiger partial charge in [-0.05, 0) is 165 Å². The molecule has 0 atom stereocenters. The smallest absolute Gasteiger partial charge is 0.423 e. The van der Waals surface area contributed by atoms with Crippen molar-refractivity contribution in [3.05, 3.63) is 362 Å². The number of rotatable bonds is 18. The highest BCUT2D eigenvalue weighted by atomic mass is 35.5. The van der Waals surface area contributed by atoms with Gasteiger partial charge in [0.15, 0.2) is 16.8 Å². The van der Waals surface area contributed by atoms with Crippen molar-refractivity contribution >= 4 is 49.3 Å². The molecule has 0 radical (unpaired) electrons. The molecule has 7 N–H and O–H groups in total. The quantitative estimate of drug-likeness (QED) is 0.0310. The molecule has 11 aromatic heterocycles. The van der Waals surface area contributed by atoms with Crippen LogP contribution in [0.25, 0.3) is 113 Å². The summed E-state index contributed by atoms with van der Waals surface area (Å²) >= 11 is 6.13. The third kappa shape index (κ3) is 23.7. The summed E-state index contributed by atoms with van der Waals surface area (Å²) < 4.78 is 0. The van der Waals surface area contributed by atoms with Crippen LogP contribution in [0.15, 0.2) is 329 Å². The summed E-state index contributed by atoms with van der Waals surface area (Å²) in [5.41, 5.74) is 19.7. The van der Waals surface area contributed by atoms with Crippen molar-refractivity contribution in [2.24, 2.45) is 0 Å². The molecule has 26 nitrogen and oxygen atoms in total. The first-order chi connectivity index (χ1) is 61.0. The van der Waals surface area contributed by atoms with E-state index in [0.29, 0.717) is 57.0 Å². The molecule has 0 spiro atoms. The van der Waals surface area contributed by atoms with Crippen molar-refractivity contribution in [3.8, 4) is 113 Å². The zero-order valence-electron chi connectivity index (χ0n) is 67.1. The van der Waals surface area contributed by atoms with Crippen molar-refractivity contribution in [2.45, 2.75) is 44.1 Å². The Hall–Kier alpha value is -14.7. The number of likely N-dealkylation sites (tertiary alicyclic amines) is 1. The molecule has 0 unspecified atom stereocenters. The van der Waals surface area contributed by atoms with Gasteiger partial charge in [-0.1, -0.05) is 194 Å². The van der Waals surface area contributed by atoms with E-state index in [1.54, 1.807) is 73.8 Å². The molecule has 17 aromatic rings. The molecule has 2 fully saturated rings. The Kier molecular flexibility index (Phi) is 30.4. The zero-order valence-corrected chi connectivity index (χ0v) is 67.8. The van der Waals surface area contributed by atoms with Crippen molar-refractivity contribution < 1.29 is 29.7 Å². The van der Waals surface area contributed by atoms with E-state index in [1.807, 2.05) is 170 Å². The minimum absolute atomic E-state index is 0.385. The molecule has 0 amide bonds. The highest BCUT2D eigenvalue weighted by Gasteiger charge is 2.26. The fraction of sp³-hybridized carbons (Fsp3) is 0.116. The van der Waals surface area contributed by atoms with E-state index >= 15 is 0 Å². The van der Waals surface area contributed by atoms with Crippen molar-refractivity contribution in [1.82, 2.24) is 101 Å². The van der Waals surface area contributed by atoms with Crippen molar-refractivity contribution in [1.29, 1.82) is 0 Å². The maximum absolute atomic E-state index is 10.9. The summed E-state index contributed by atoms with van der Waals surface area (Å²) in [5.74, 6) is 4.20. The second kappa shape index (κ2) is 44.0. The maximum Gasteiger partial charge on any atom is 0.490 e. The first kappa shape index (κ1) is 85.7. The summed E-state index contributed by atoms with van der Waals surface area (Å²) in [6.07, 6.45) is 23.0. The molecule has 2 aliphatic rings. The first-order valence-electron chi connectivity index (χ1n) is 40.1. The molecule has 612 valence electrons. The Morgan fingerprint density at radius 2 is 0.766 bits per heavy atom. The largest absolute Gasteiger partial charge is 0.490 e. The van der Waals surface area contributed by atoms with E-state index in [-0.39, 0.29) is 0 Å². The van der Waals surface area contributed by atoms with Gasteiger partial charge in [-0.3, -0.25) is 54.6 Å². The third-order valence-electron chi connectivity index (χ3n) is 20.3. The van der Waals surface area contributed by atoms with Crippen LogP contribution in [-0.2, 0) is 6.54 Å². The van der Waals surface area contributed by atoms with E-state index in [4.69, 9.17) is 41.8 Å². The van der Waals surface area contributed by atoms with Gasteiger partial charge < -0.3 is 25.4 Å². The monoisotopic (exact) mass is 1660 g/mol. The van der Waals surface area contributed by atoms with Crippen molar-refractivity contribution in [3.63, 3.8) is 0 Å². The first-order valence-corrected chi connectivity index (χ1v) is 40.4. The van der Waals surface area contributed by atoms with Crippen LogP contribution in [0.4, 0.5) is 0 Å². The van der Waals surface area contributed by atoms with Crippen LogP contribution in [-0.4, -0.2) is 169 Å². The Morgan fingerprint density at radius 3 is 1.17 bits per heavy atom. The fourth-order valence-corrected chi connectivity index (χ4v) is 13.9. The predicted molar refractivity (Wildman–Crippen MR) is 480 cm³/mol. The van der Waals surface area contributed by atoms with Crippen LogP contribution in [0.2, 0.25) is 5.15 Å². The van der Waals surface area contributed by atoms with Crippen LogP contribution >= 0.6 is 11.6 Å². The van der Waals surface area contributed by atoms with Crippen LogP contribution < -0.4 is 16.2 Å². The standard InChI is InChI=1S/C34H30N8.C22H15N3O.C15H10ClN3.C12H15N5.C7H7BO3.C5H6BNO2/c1-2-7-25(8-3-1)29-21-31(28-9-6-17-35-22-28)38-39-32(29)26-13-11-24(12-14-26)23-42-19-15-27(16-20-42)33-37-34(41-40-33)30-10-4-5-18-36-30;26-15-16-8-10-18(11-9-16)22-20(17-5-2-1-3-6-17)13-21(24-25-22)19-7-4-12-23-14-19;16-15-13(11-5-2-1-3-6-11)9-14(18-19-15)12-7-4-8-17-10-12;1-2-6-14-10(3-1)12-15-11(16-17-12)9-4-7-13-8-5-9;9-5-6-1-3-7(4-2-6)8(10)11;8-6(9)5-2-1-3-7-4-5/h1-14,17-18,21-22,27H,15-16,19-20,23H2,(H,37,40,41);1-15H;1-10H;1-3,6,9,13H,4-5,7-8H2,(H,15,16,17);1-5,10-11H;1-4,8-9H. The number of aldehydes is 2. The lowest BCUT2D eigenvalue weighted by Gasteiger charge is -2.31. The van der Waals surface area contributed by atoms with Gasteiger partial charge in [0.1, 0.15) is 47.0 Å². The van der Waals surface area contributed by atoms with Gasteiger partial charge in [-0.2, -0.15) is 10.2 Å². The zero-order chi connectivity index (χ0) is 85.4. The van der Waals surface area contributed by atoms with Gasteiger partial charge >= 0.3 is 14.2 Å². The molecule has 2 saturated heterocycles. The number of aromatic nitrogens is 18. The second-order valence-electron chi connectivity index (χ2n) is 28.6. The summed E-state index contributed by atoms with van der Waals surface area (Å²) in [7, 11) is -2.87. The Morgan fingerprint density at radius 1 is 0.371 bits per heavy atom. The number of aromatic amines is 2. The average molecular weight is 1660 g/mol. The number of pyridine rings is 6. The lowest BCUT2D eigenvalue weighted by molar-refractivity contribution is 0.111. The third-order valence-corrected chi connectivity index (χ3v) is 20.5. The van der Waals surface area contributed by atoms with Gasteiger partial charge in [0.2, 0.25) is 0 Å². The van der Waals surface area contributed by atoms with E-state index in [9.17, 15) is 9.59 Å². The van der Waals surface area contributed by atoms with Gasteiger partial charge in [0.05, 0.1) is 17.1 Å². The van der Waals surface area contributed by atoms with Gasteiger partial charge in [-0.15, -0.1) is 30.6 Å². The minimum atomic E-state index is -1.46. The average Bonchev–Trinajstić information content (AvgIpc) is 0.935. The van der Waals surface area contributed by atoms with Crippen LogP contribution in [0.3, 0.4) is 0 Å². The fourth-order valence-electron chi connectivity index (χ4n) is 13.7. The Labute approximate surface area is 721 Å². The van der Waals surface area contributed by atoms with E-state index in [2.05, 4.69) is 146 Å². The van der Waals surface area contributed by atoms with Gasteiger partial charge in [-0.25, -0.2) is 9.97 Å². The van der Waals surface area contributed by atoms with Crippen molar-refractivity contribution in [2.75, 3.05) is 26.2 Å². The Bertz CT molecular complexity index is 6140. The predicted octanol–water partition coefficient (Wildman–Crippen LogP) is 14.3. The number of piperidine rings is 2. The molecular weight excluding hydrogens is 1570 g/mol. The molecule has 2 aliphatic heterocycles. The Balaban J connectivity index is 0.000000131. The number of hydrogen-bond acceptors (Lipinski definition) is 24. The number of carbonyl (C=O) groups is 2. The van der Waals surface area contributed by atoms with Gasteiger partial charge in [0, 0.05) is 141 Å². The van der Waals surface area contributed by atoms with Crippen LogP contribution in [0, 0.1) is 0 Å². The molecular formula is C95H83B2ClN20O6. The molecule has 6 aromatic carbocycles. The summed E-state index contributed by atoms with van der Waals surface area (Å²) in [5, 5.41) is 79.3. The second-order valence-corrected chi connectivity index (χ2v) is 28.9. The highest BCUT2D eigenvalue weighted by molar-refractivity contribution is 6.58. The van der Waals surface area contributed by atoms with Crippen LogP contribution in [0.1, 0.15) is 75.4 Å². The SMILES string of the molecule is Clc1nnc(-c2cccnc2)cc1-c1ccccc1.O=Cc1ccc(-c2nnc(-c3cccnc3)cc2-c2ccccc2)cc1.O=Cc1ccc(B(O)O)cc1.OB(O)c1cccnc1.c1ccc(-c2cc(-c3cccnc3)nnc2-c2ccc(CN3CCC(c4nc(-c5ccccn5)n[nH]4)CC3)cc2)cc1.c1ccc(-c2n[nH]c(C3CCNCC3)n2)nc1. The van der Waals surface area contributed by atoms with E-state index < -0.39 is 14.2 Å². The number of carbonyl (C=O) groups excluding carboxylic acids is 2. The number of nitrogens with one attached hydrogen (secondary N) is 3. The number of benzene rings is 6. The summed E-state index contributed by atoms with van der Waals surface area (Å²) in [6, 6.07) is 85.0. The normalized spacial score (nSPS) is 12.4. The highest BCUT2D eigenvalue weighted by Crippen LogP contribution is 2.37. The molecule has 0 saturated carbocycles.